The third-order valence-corrected chi connectivity index (χ3v) is 4.04. The maximum Gasteiger partial charge on any atom is 0.241 e. The summed E-state index contributed by atoms with van der Waals surface area (Å²) in [6.45, 7) is 2.63. The van der Waals surface area contributed by atoms with Gasteiger partial charge in [0, 0.05) is 18.4 Å². The van der Waals surface area contributed by atoms with Crippen molar-refractivity contribution in [2.45, 2.75) is 32.0 Å². The fourth-order valence-corrected chi connectivity index (χ4v) is 2.94. The predicted octanol–water partition coefficient (Wildman–Crippen LogP) is 2.19. The minimum Gasteiger partial charge on any atom is -0.472 e. The van der Waals surface area contributed by atoms with E-state index in [1.165, 1.54) is 12.8 Å². The second kappa shape index (κ2) is 5.76. The average Bonchev–Trinajstić information content (AvgIpc) is 3.28. The molecule has 0 saturated carbocycles. The second-order valence-corrected chi connectivity index (χ2v) is 5.52. The Hall–Kier alpha value is -2.41. The number of aromatic nitrogens is 4. The van der Waals surface area contributed by atoms with Gasteiger partial charge in [-0.3, -0.25) is 9.58 Å². The van der Waals surface area contributed by atoms with Crippen LogP contribution in [0, 0.1) is 0 Å². The highest BCUT2D eigenvalue weighted by Gasteiger charge is 2.26. The fourth-order valence-electron chi connectivity index (χ4n) is 2.94. The molecule has 0 spiro atoms. The maximum absolute atomic E-state index is 5.37. The summed E-state index contributed by atoms with van der Waals surface area (Å²) >= 11 is 0. The van der Waals surface area contributed by atoms with E-state index in [1.807, 2.05) is 29.2 Å². The number of hydrogen-bond acceptors (Lipinski definition) is 6. The van der Waals surface area contributed by atoms with Crippen molar-refractivity contribution in [3.63, 3.8) is 0 Å². The lowest BCUT2D eigenvalue weighted by atomic mass is 10.2. The van der Waals surface area contributed by atoms with Crippen LogP contribution in [0.3, 0.4) is 0 Å². The van der Waals surface area contributed by atoms with Crippen molar-refractivity contribution in [2.75, 3.05) is 6.54 Å². The zero-order valence-electron chi connectivity index (χ0n) is 12.1. The molecule has 3 aromatic rings. The summed E-state index contributed by atoms with van der Waals surface area (Å²) in [5.74, 6) is 1.22. The molecule has 3 aromatic heterocycles. The van der Waals surface area contributed by atoms with E-state index in [-0.39, 0.29) is 0 Å². The van der Waals surface area contributed by atoms with Crippen LogP contribution in [-0.2, 0) is 13.1 Å². The van der Waals surface area contributed by atoms with Crippen LogP contribution in [0.2, 0.25) is 0 Å². The molecular weight excluding hydrogens is 282 g/mol. The molecule has 7 heteroatoms. The Balaban J connectivity index is 1.44. The van der Waals surface area contributed by atoms with E-state index in [1.54, 1.807) is 12.5 Å². The molecule has 1 saturated heterocycles. The zero-order chi connectivity index (χ0) is 14.8. The standard InChI is InChI=1S/C15H17N5O2/c1-3-13(9-20-7-2-5-16-20)19(6-1)10-14-17-15(18-22-14)12-4-8-21-11-12/h2,4-5,7-8,11,13H,1,3,6,9-10H2/t13-/m0/s1. The van der Waals surface area contributed by atoms with Gasteiger partial charge in [-0.2, -0.15) is 10.1 Å². The van der Waals surface area contributed by atoms with E-state index in [2.05, 4.69) is 20.1 Å². The van der Waals surface area contributed by atoms with Crippen molar-refractivity contribution in [1.29, 1.82) is 0 Å². The summed E-state index contributed by atoms with van der Waals surface area (Å²) in [4.78, 5) is 6.83. The lowest BCUT2D eigenvalue weighted by Crippen LogP contribution is -2.32. The van der Waals surface area contributed by atoms with Crippen LogP contribution >= 0.6 is 0 Å². The Morgan fingerprint density at radius 3 is 3.18 bits per heavy atom. The quantitative estimate of drug-likeness (QED) is 0.719. The minimum absolute atomic E-state index is 0.462. The molecule has 0 aromatic carbocycles. The first-order valence-electron chi connectivity index (χ1n) is 7.45. The van der Waals surface area contributed by atoms with E-state index in [0.717, 1.165) is 18.7 Å². The first-order valence-corrected chi connectivity index (χ1v) is 7.45. The monoisotopic (exact) mass is 299 g/mol. The fraction of sp³-hybridized carbons (Fsp3) is 0.400. The highest BCUT2D eigenvalue weighted by Crippen LogP contribution is 2.22. The SMILES string of the molecule is c1cnn(C[C@@H]2CCCN2Cc2nc(-c3ccoc3)no2)c1. The van der Waals surface area contributed by atoms with Gasteiger partial charge in [-0.1, -0.05) is 5.16 Å². The molecule has 1 fully saturated rings. The van der Waals surface area contributed by atoms with Crippen LogP contribution in [0.5, 0.6) is 0 Å². The molecule has 0 radical (unpaired) electrons. The summed E-state index contributed by atoms with van der Waals surface area (Å²) in [7, 11) is 0. The van der Waals surface area contributed by atoms with E-state index < -0.39 is 0 Å². The molecule has 0 bridgehead atoms. The summed E-state index contributed by atoms with van der Waals surface area (Å²) in [6, 6.07) is 4.24. The largest absolute Gasteiger partial charge is 0.472 e. The molecule has 0 amide bonds. The number of hydrogen-bond donors (Lipinski definition) is 0. The van der Waals surface area contributed by atoms with Crippen LogP contribution in [-0.4, -0.2) is 37.4 Å². The first-order chi connectivity index (χ1) is 10.9. The van der Waals surface area contributed by atoms with Crippen LogP contribution in [0.25, 0.3) is 11.4 Å². The summed E-state index contributed by atoms with van der Waals surface area (Å²) in [6.07, 6.45) is 9.39. The minimum atomic E-state index is 0.462. The molecular formula is C15H17N5O2. The Morgan fingerprint density at radius 1 is 1.36 bits per heavy atom. The predicted molar refractivity (Wildman–Crippen MR) is 77.7 cm³/mol. The van der Waals surface area contributed by atoms with Crippen molar-refractivity contribution in [2.24, 2.45) is 0 Å². The van der Waals surface area contributed by atoms with Crippen molar-refractivity contribution in [3.05, 3.63) is 42.9 Å². The number of furan rings is 1. The summed E-state index contributed by atoms with van der Waals surface area (Å²) in [5.41, 5.74) is 0.838. The third kappa shape index (κ3) is 2.67. The van der Waals surface area contributed by atoms with E-state index in [9.17, 15) is 0 Å². The van der Waals surface area contributed by atoms with Gasteiger partial charge in [-0.05, 0) is 31.5 Å². The highest BCUT2D eigenvalue weighted by molar-refractivity contribution is 5.51. The normalized spacial score (nSPS) is 19.0. The van der Waals surface area contributed by atoms with Crippen molar-refractivity contribution in [1.82, 2.24) is 24.8 Å². The molecule has 114 valence electrons. The Kier molecular flexibility index (Phi) is 3.48. The molecule has 1 atom stereocenters. The lowest BCUT2D eigenvalue weighted by molar-refractivity contribution is 0.192. The lowest BCUT2D eigenvalue weighted by Gasteiger charge is -2.22. The Labute approximate surface area is 127 Å². The van der Waals surface area contributed by atoms with Gasteiger partial charge in [0.15, 0.2) is 0 Å². The topological polar surface area (TPSA) is 73.1 Å². The molecule has 1 aliphatic heterocycles. The first kappa shape index (κ1) is 13.3. The van der Waals surface area contributed by atoms with Gasteiger partial charge < -0.3 is 8.94 Å². The summed E-state index contributed by atoms with van der Waals surface area (Å²) in [5, 5.41) is 8.30. The number of likely N-dealkylation sites (tertiary alicyclic amines) is 1. The van der Waals surface area contributed by atoms with Crippen molar-refractivity contribution in [3.8, 4) is 11.4 Å². The Bertz CT molecular complexity index is 704. The highest BCUT2D eigenvalue weighted by atomic mass is 16.5. The molecule has 0 N–H and O–H groups in total. The molecule has 4 heterocycles. The molecule has 7 nitrogen and oxygen atoms in total. The summed E-state index contributed by atoms with van der Waals surface area (Å²) < 4.78 is 12.4. The van der Waals surface area contributed by atoms with E-state index in [0.29, 0.717) is 24.3 Å². The van der Waals surface area contributed by atoms with Gasteiger partial charge in [-0.15, -0.1) is 0 Å². The zero-order valence-corrected chi connectivity index (χ0v) is 12.1. The Morgan fingerprint density at radius 2 is 2.36 bits per heavy atom. The van der Waals surface area contributed by atoms with Gasteiger partial charge in [0.05, 0.1) is 24.9 Å². The maximum atomic E-state index is 5.37. The average molecular weight is 299 g/mol. The van der Waals surface area contributed by atoms with Gasteiger partial charge in [0.25, 0.3) is 0 Å². The third-order valence-electron chi connectivity index (χ3n) is 4.04. The second-order valence-electron chi connectivity index (χ2n) is 5.52. The molecule has 0 aliphatic carbocycles. The van der Waals surface area contributed by atoms with Crippen LogP contribution in [0.4, 0.5) is 0 Å². The van der Waals surface area contributed by atoms with Gasteiger partial charge >= 0.3 is 0 Å². The molecule has 4 rings (SSSR count). The van der Waals surface area contributed by atoms with Crippen molar-refractivity contribution >= 4 is 0 Å². The van der Waals surface area contributed by atoms with Crippen LogP contribution in [0.15, 0.2) is 46.0 Å². The molecule has 0 unspecified atom stereocenters. The van der Waals surface area contributed by atoms with E-state index >= 15 is 0 Å². The van der Waals surface area contributed by atoms with Gasteiger partial charge in [0.2, 0.25) is 11.7 Å². The smallest absolute Gasteiger partial charge is 0.241 e. The van der Waals surface area contributed by atoms with Crippen LogP contribution in [0.1, 0.15) is 18.7 Å². The van der Waals surface area contributed by atoms with E-state index in [4.69, 9.17) is 8.94 Å². The number of nitrogens with zero attached hydrogens (tertiary/aromatic N) is 5. The molecule has 1 aliphatic rings. The van der Waals surface area contributed by atoms with Crippen LogP contribution < -0.4 is 0 Å². The van der Waals surface area contributed by atoms with Crippen molar-refractivity contribution < 1.29 is 8.94 Å². The van der Waals surface area contributed by atoms with Gasteiger partial charge in [-0.25, -0.2) is 0 Å². The number of rotatable bonds is 5. The van der Waals surface area contributed by atoms with Gasteiger partial charge in [0.1, 0.15) is 6.26 Å². The molecule has 22 heavy (non-hydrogen) atoms.